The van der Waals surface area contributed by atoms with Crippen molar-refractivity contribution in [2.24, 2.45) is 0 Å². The number of carboxylic acid groups (broad SMARTS) is 2. The molecule has 0 aliphatic heterocycles. The van der Waals surface area contributed by atoms with Crippen LogP contribution in [0.1, 0.15) is 13.3 Å². The van der Waals surface area contributed by atoms with Gasteiger partial charge in [-0.05, 0) is 13.0 Å². The van der Waals surface area contributed by atoms with Crippen LogP contribution in [0.3, 0.4) is 0 Å². The predicted octanol–water partition coefficient (Wildman–Crippen LogP) is 0.634. The summed E-state index contributed by atoms with van der Waals surface area (Å²) in [5.74, 6) is -3.95. The van der Waals surface area contributed by atoms with E-state index in [1.54, 1.807) is 6.92 Å². The van der Waals surface area contributed by atoms with Gasteiger partial charge in [-0.3, -0.25) is 4.79 Å². The molecule has 94 valence electrons. The van der Waals surface area contributed by atoms with Gasteiger partial charge < -0.3 is 14.9 Å². The first-order valence-electron chi connectivity index (χ1n) is 4.89. The van der Waals surface area contributed by atoms with Crippen LogP contribution in [0.4, 0.5) is 0 Å². The van der Waals surface area contributed by atoms with Gasteiger partial charge in [0, 0.05) is 13.0 Å². The lowest BCUT2D eigenvalue weighted by atomic mass is 10.0. The van der Waals surface area contributed by atoms with Crippen molar-refractivity contribution in [1.29, 1.82) is 0 Å². The first kappa shape index (κ1) is 15.0. The highest BCUT2D eigenvalue weighted by molar-refractivity contribution is 6.24. The number of aliphatic carboxylic acids is 2. The molecule has 0 saturated heterocycles. The number of hydrogen-bond donors (Lipinski definition) is 2. The summed E-state index contributed by atoms with van der Waals surface area (Å²) in [4.78, 5) is 33.0. The molecule has 0 unspecified atom stereocenters. The molecule has 0 amide bonds. The number of ketones is 1. The zero-order valence-electron chi connectivity index (χ0n) is 9.43. The van der Waals surface area contributed by atoms with Crippen LogP contribution < -0.4 is 0 Å². The molecule has 0 aromatic rings. The Balaban J connectivity index is 5.28. The van der Waals surface area contributed by atoms with Gasteiger partial charge in [-0.25, -0.2) is 9.59 Å². The van der Waals surface area contributed by atoms with Crippen molar-refractivity contribution in [3.8, 4) is 0 Å². The summed E-state index contributed by atoms with van der Waals surface area (Å²) in [6.45, 7) is 5.27. The molecule has 0 atom stereocenters. The lowest BCUT2D eigenvalue weighted by Crippen LogP contribution is -2.18. The smallest absolute Gasteiger partial charge is 0.340 e. The minimum Gasteiger partial charge on any atom is -0.478 e. The number of carboxylic acids is 2. The van der Waals surface area contributed by atoms with Crippen molar-refractivity contribution in [2.45, 2.75) is 13.3 Å². The van der Waals surface area contributed by atoms with E-state index in [2.05, 4.69) is 6.58 Å². The van der Waals surface area contributed by atoms with E-state index in [1.165, 1.54) is 0 Å². The Kier molecular flexibility index (Phi) is 6.50. The number of rotatable bonds is 8. The molecule has 6 heteroatoms. The maximum atomic E-state index is 11.3. The Morgan fingerprint density at radius 3 is 2.18 bits per heavy atom. The summed E-state index contributed by atoms with van der Waals surface area (Å²) in [6.07, 6.45) is 0.622. The molecule has 0 radical (unpaired) electrons. The van der Waals surface area contributed by atoms with Crippen molar-refractivity contribution in [3.05, 3.63) is 23.8 Å². The Morgan fingerprint density at radius 2 is 1.82 bits per heavy atom. The van der Waals surface area contributed by atoms with Gasteiger partial charge in [0.05, 0.1) is 12.2 Å². The third-order valence-corrected chi connectivity index (χ3v) is 1.91. The van der Waals surface area contributed by atoms with E-state index in [-0.39, 0.29) is 13.0 Å². The topological polar surface area (TPSA) is 101 Å². The van der Waals surface area contributed by atoms with Crippen LogP contribution in [0.25, 0.3) is 0 Å². The van der Waals surface area contributed by atoms with Gasteiger partial charge in [-0.2, -0.15) is 0 Å². The minimum atomic E-state index is -1.58. The van der Waals surface area contributed by atoms with Crippen molar-refractivity contribution in [3.63, 3.8) is 0 Å². The minimum absolute atomic E-state index is 0.0410. The van der Waals surface area contributed by atoms with E-state index >= 15 is 0 Å². The highest BCUT2D eigenvalue weighted by atomic mass is 16.5. The molecule has 0 aromatic carbocycles. The highest BCUT2D eigenvalue weighted by Gasteiger charge is 2.24. The lowest BCUT2D eigenvalue weighted by molar-refractivity contribution is -0.137. The molecule has 17 heavy (non-hydrogen) atoms. The molecule has 6 nitrogen and oxygen atoms in total. The van der Waals surface area contributed by atoms with Gasteiger partial charge in [0.25, 0.3) is 0 Å². The van der Waals surface area contributed by atoms with Crippen LogP contribution in [0.5, 0.6) is 0 Å². The Hall–Kier alpha value is -1.95. The molecule has 0 bridgehead atoms. The second-order valence-electron chi connectivity index (χ2n) is 2.98. The van der Waals surface area contributed by atoms with E-state index in [1.807, 2.05) is 0 Å². The standard InChI is InChI=1S/C11H14O6/c1-3-8(12)9(11(15)16)7(10(13)14)5-6-17-4-2/h3H,1,4-6H2,2H3,(H,13,14)(H,15,16)/b9-7-. The van der Waals surface area contributed by atoms with Crippen LogP contribution in [0.2, 0.25) is 0 Å². The number of allylic oxidation sites excluding steroid dienone is 1. The van der Waals surface area contributed by atoms with Crippen molar-refractivity contribution in [1.82, 2.24) is 0 Å². The quantitative estimate of drug-likeness (QED) is 0.280. The second-order valence-corrected chi connectivity index (χ2v) is 2.98. The summed E-state index contributed by atoms with van der Waals surface area (Å²) >= 11 is 0. The third kappa shape index (κ3) is 4.60. The summed E-state index contributed by atoms with van der Waals surface area (Å²) in [5, 5.41) is 17.7. The largest absolute Gasteiger partial charge is 0.478 e. The summed E-state index contributed by atoms with van der Waals surface area (Å²) in [7, 11) is 0. The van der Waals surface area contributed by atoms with Crippen LogP contribution >= 0.6 is 0 Å². The zero-order chi connectivity index (χ0) is 13.4. The summed E-state index contributed by atoms with van der Waals surface area (Å²) in [6, 6.07) is 0. The first-order valence-corrected chi connectivity index (χ1v) is 4.89. The van der Waals surface area contributed by atoms with E-state index < -0.39 is 28.9 Å². The Morgan fingerprint density at radius 1 is 1.24 bits per heavy atom. The van der Waals surface area contributed by atoms with Gasteiger partial charge >= 0.3 is 11.9 Å². The third-order valence-electron chi connectivity index (χ3n) is 1.91. The molecule has 0 aliphatic carbocycles. The van der Waals surface area contributed by atoms with Gasteiger partial charge in [0.2, 0.25) is 0 Å². The molecule has 0 spiro atoms. The maximum Gasteiger partial charge on any atom is 0.340 e. The molecule has 0 aromatic heterocycles. The second kappa shape index (κ2) is 7.34. The SMILES string of the molecule is C=CC(=O)/C(C(=O)O)=C(\CCOCC)C(=O)O. The van der Waals surface area contributed by atoms with E-state index in [4.69, 9.17) is 14.9 Å². The van der Waals surface area contributed by atoms with E-state index in [9.17, 15) is 14.4 Å². The monoisotopic (exact) mass is 242 g/mol. The molecule has 0 heterocycles. The molecule has 0 saturated carbocycles. The molecule has 0 rings (SSSR count). The van der Waals surface area contributed by atoms with Crippen molar-refractivity contribution in [2.75, 3.05) is 13.2 Å². The van der Waals surface area contributed by atoms with Gasteiger partial charge in [0.15, 0.2) is 5.78 Å². The maximum absolute atomic E-state index is 11.3. The average molecular weight is 242 g/mol. The van der Waals surface area contributed by atoms with Gasteiger partial charge in [0.1, 0.15) is 5.57 Å². The lowest BCUT2D eigenvalue weighted by Gasteiger charge is -2.06. The zero-order valence-corrected chi connectivity index (χ0v) is 9.43. The Bertz CT molecular complexity index is 366. The Labute approximate surface area is 98.2 Å². The fraction of sp³-hybridized carbons (Fsp3) is 0.364. The van der Waals surface area contributed by atoms with E-state index in [0.717, 1.165) is 6.08 Å². The summed E-state index contributed by atoms with van der Waals surface area (Å²) < 4.78 is 4.93. The fourth-order valence-corrected chi connectivity index (χ4v) is 1.14. The van der Waals surface area contributed by atoms with Crippen LogP contribution in [0.15, 0.2) is 23.8 Å². The first-order chi connectivity index (χ1) is 7.95. The van der Waals surface area contributed by atoms with Crippen molar-refractivity contribution < 1.29 is 29.3 Å². The normalized spacial score (nSPS) is 11.6. The summed E-state index contributed by atoms with van der Waals surface area (Å²) in [5.41, 5.74) is -1.25. The van der Waals surface area contributed by atoms with E-state index in [0.29, 0.717) is 6.61 Å². The molecule has 0 fully saturated rings. The number of hydrogen-bond acceptors (Lipinski definition) is 4. The average Bonchev–Trinajstić information content (AvgIpc) is 2.26. The van der Waals surface area contributed by atoms with Crippen LogP contribution in [-0.4, -0.2) is 41.1 Å². The van der Waals surface area contributed by atoms with Crippen LogP contribution in [-0.2, 0) is 19.1 Å². The van der Waals surface area contributed by atoms with Gasteiger partial charge in [-0.1, -0.05) is 6.58 Å². The van der Waals surface area contributed by atoms with Gasteiger partial charge in [-0.15, -0.1) is 0 Å². The molecule has 2 N–H and O–H groups in total. The molecular formula is C11H14O6. The van der Waals surface area contributed by atoms with Crippen molar-refractivity contribution >= 4 is 17.7 Å². The highest BCUT2D eigenvalue weighted by Crippen LogP contribution is 2.12. The molecule has 0 aliphatic rings. The fourth-order valence-electron chi connectivity index (χ4n) is 1.14. The van der Waals surface area contributed by atoms with Crippen LogP contribution in [0, 0.1) is 0 Å². The number of ether oxygens (including phenoxy) is 1. The molecular weight excluding hydrogens is 228 g/mol. The predicted molar refractivity (Wildman–Crippen MR) is 58.6 cm³/mol. The number of carbonyl (C=O) groups is 3. The number of carbonyl (C=O) groups excluding carboxylic acids is 1.